The van der Waals surface area contributed by atoms with Crippen molar-refractivity contribution >= 4 is 86.4 Å². The van der Waals surface area contributed by atoms with Gasteiger partial charge in [-0.1, -0.05) is 28.1 Å². The summed E-state index contributed by atoms with van der Waals surface area (Å²) in [5, 5.41) is 1.79. The van der Waals surface area contributed by atoms with Crippen molar-refractivity contribution in [3.8, 4) is 11.4 Å². The van der Waals surface area contributed by atoms with Crippen LogP contribution in [0.4, 0.5) is 0 Å². The molecule has 0 radical (unpaired) electrons. The monoisotopic (exact) mass is 1040 g/mol. The Kier molecular flexibility index (Phi) is 12.8. The molecule has 3 fully saturated rings. The molecule has 9 heterocycles. The first-order valence-electron chi connectivity index (χ1n) is 24.1. The van der Waals surface area contributed by atoms with Crippen molar-refractivity contribution in [2.45, 2.75) is 131 Å². The van der Waals surface area contributed by atoms with Gasteiger partial charge in [0.05, 0.1) is 102 Å². The maximum Gasteiger partial charge on any atom is 0.494 e. The van der Waals surface area contributed by atoms with E-state index < -0.39 is 32.3 Å². The van der Waals surface area contributed by atoms with Crippen molar-refractivity contribution in [1.29, 1.82) is 0 Å². The van der Waals surface area contributed by atoms with Crippen LogP contribution in [0.25, 0.3) is 55.2 Å². The number of hydrogen-bond acceptors (Lipinski definition) is 12. The quantitative estimate of drug-likeness (QED) is 0.155. The van der Waals surface area contributed by atoms with Gasteiger partial charge in [0, 0.05) is 41.7 Å². The van der Waals surface area contributed by atoms with Gasteiger partial charge < -0.3 is 27.9 Å². The van der Waals surface area contributed by atoms with Crippen LogP contribution in [0.5, 0.6) is 0 Å². The first-order valence-corrected chi connectivity index (χ1v) is 24.9. The van der Waals surface area contributed by atoms with E-state index >= 15 is 0 Å². The zero-order chi connectivity index (χ0) is 52.2. The van der Waals surface area contributed by atoms with Crippen molar-refractivity contribution in [2.75, 3.05) is 0 Å². The predicted molar refractivity (Wildman–Crippen MR) is 288 cm³/mol. The molecular weight excluding hydrogens is 977 g/mol. The summed E-state index contributed by atoms with van der Waals surface area (Å²) in [6.45, 7) is 28.2. The number of halogens is 1. The van der Waals surface area contributed by atoms with Crippen LogP contribution < -0.4 is 16.8 Å². The number of benzene rings is 2. The number of aryl methyl sites for hydroxylation is 4. The predicted octanol–water partition coefficient (Wildman–Crippen LogP) is 8.47. The van der Waals surface area contributed by atoms with Gasteiger partial charge >= 0.3 is 32.5 Å². The highest BCUT2D eigenvalue weighted by Crippen LogP contribution is 2.43. The van der Waals surface area contributed by atoms with Crippen LogP contribution in [0.3, 0.4) is 0 Å². The number of rotatable bonds is 4. The average Bonchev–Trinajstić information content (AvgIpc) is 3.96. The van der Waals surface area contributed by atoms with Crippen LogP contribution in [0, 0.1) is 13.8 Å². The molecule has 8 aromatic rings. The molecule has 72 heavy (non-hydrogen) atoms. The minimum absolute atomic E-state index is 0.106. The van der Waals surface area contributed by atoms with E-state index in [1.807, 2.05) is 158 Å². The van der Waals surface area contributed by atoms with Crippen molar-refractivity contribution in [1.82, 2.24) is 38.2 Å². The van der Waals surface area contributed by atoms with Crippen LogP contribution in [-0.4, -0.2) is 92.9 Å². The molecule has 0 amide bonds. The highest BCUT2D eigenvalue weighted by atomic mass is 79.9. The second kappa shape index (κ2) is 17.9. The van der Waals surface area contributed by atoms with Crippen molar-refractivity contribution < 1.29 is 27.9 Å². The Morgan fingerprint density at radius 3 is 1.28 bits per heavy atom. The Hall–Kier alpha value is -5.47. The van der Waals surface area contributed by atoms with Crippen LogP contribution in [-0.2, 0) is 42.0 Å². The molecule has 374 valence electrons. The van der Waals surface area contributed by atoms with Gasteiger partial charge in [-0.15, -0.1) is 0 Å². The van der Waals surface area contributed by atoms with Crippen LogP contribution in [0.2, 0.25) is 0 Å². The first-order chi connectivity index (χ1) is 33.6. The smallest absolute Gasteiger partial charge is 0.405 e. The summed E-state index contributed by atoms with van der Waals surface area (Å²) in [5.41, 5.74) is 6.33. The summed E-state index contributed by atoms with van der Waals surface area (Å²) in [6, 6.07) is 19.3. The second-order valence-corrected chi connectivity index (χ2v) is 22.7. The molecule has 11 rings (SSSR count). The van der Waals surface area contributed by atoms with E-state index in [-0.39, 0.29) is 33.8 Å². The molecule has 16 nitrogen and oxygen atoms in total. The third-order valence-electron chi connectivity index (χ3n) is 15.5. The standard InChI is InChI=1S/C23H25BN4O3.C17H13BrN4O.C12H24B2O4/c1-14-18(8-7-11-25-14)28-20-16-12-15(24-30-22(2,3)23(4,5)31-24)9-10-17(16)26-13-19(20)27(6)21(28)29;1-10-14(4-3-7-19-10)22-16-12-8-11(18)5-6-13(12)20-9-15(16)21(2)17(22)23;1-9(2)10(3,4)16-13(15-9)14-17-11(5,6)12(7,8)18-14/h7-13H,1-6H3;3-9H,1-2H3;1-8H3. The first kappa shape index (κ1) is 51.4. The van der Waals surface area contributed by atoms with Crippen LogP contribution >= 0.6 is 15.9 Å². The molecule has 0 aliphatic carbocycles. The lowest BCUT2D eigenvalue weighted by molar-refractivity contribution is 0.00578. The molecule has 3 aliphatic heterocycles. The molecule has 2 aromatic carbocycles. The van der Waals surface area contributed by atoms with Gasteiger partial charge in [0.25, 0.3) is 0 Å². The Morgan fingerprint density at radius 1 is 0.500 bits per heavy atom. The molecule has 0 bridgehead atoms. The Labute approximate surface area is 428 Å². The lowest BCUT2D eigenvalue weighted by Crippen LogP contribution is -2.41. The van der Waals surface area contributed by atoms with Gasteiger partial charge in [-0.2, -0.15) is 0 Å². The number of aromatic nitrogens is 8. The molecule has 20 heteroatoms. The molecule has 0 saturated carbocycles. The molecule has 0 N–H and O–H groups in total. The third-order valence-corrected chi connectivity index (χ3v) is 16.0. The fourth-order valence-corrected chi connectivity index (χ4v) is 9.34. The van der Waals surface area contributed by atoms with E-state index in [0.717, 1.165) is 76.6 Å². The maximum atomic E-state index is 13.2. The third kappa shape index (κ3) is 8.65. The van der Waals surface area contributed by atoms with E-state index in [0.29, 0.717) is 0 Å². The van der Waals surface area contributed by atoms with Gasteiger partial charge in [-0.3, -0.25) is 38.2 Å². The normalized spacial score (nSPS) is 19.3. The molecule has 0 spiro atoms. The maximum absolute atomic E-state index is 13.2. The van der Waals surface area contributed by atoms with Gasteiger partial charge in [0.1, 0.15) is 0 Å². The number of pyridine rings is 4. The number of hydrogen-bond donors (Lipinski definition) is 0. The van der Waals surface area contributed by atoms with Crippen LogP contribution in [0.15, 0.2) is 99.5 Å². The molecule has 0 atom stereocenters. The topological polar surface area (TPSA) is 161 Å². The minimum atomic E-state index is -0.492. The zero-order valence-electron chi connectivity index (χ0n) is 44.0. The SMILES string of the molecule is CC1(C)OB(B2OC(C)(C)C(C)(C)O2)OC1(C)C.Cc1ncccc1-n1c(=O)n(C)c2cnc3ccc(B4OC(C)(C)C(C)(C)O4)cc3c21.Cc1ncccc1-n1c(=O)n(C)c2cnc3ccc(Br)cc3c21. The summed E-state index contributed by atoms with van der Waals surface area (Å²) in [4.78, 5) is 43.8. The Bertz CT molecular complexity index is 3480. The zero-order valence-corrected chi connectivity index (χ0v) is 45.6. The van der Waals surface area contributed by atoms with Gasteiger partial charge in [-0.05, 0) is 151 Å². The van der Waals surface area contributed by atoms with Crippen molar-refractivity contribution in [2.24, 2.45) is 14.1 Å². The number of fused-ring (bicyclic) bond motifs is 6. The lowest BCUT2D eigenvalue weighted by atomic mass is 9.49. The summed E-state index contributed by atoms with van der Waals surface area (Å²) in [6.07, 6.45) is 6.95. The van der Waals surface area contributed by atoms with E-state index in [1.54, 1.807) is 57.2 Å². The fourth-order valence-electron chi connectivity index (χ4n) is 8.98. The number of nitrogens with zero attached hydrogens (tertiary/aromatic N) is 8. The van der Waals surface area contributed by atoms with E-state index in [2.05, 4.69) is 35.9 Å². The fraction of sp³-hybridized carbons (Fsp3) is 0.423. The molecule has 6 aromatic heterocycles. The Morgan fingerprint density at radius 2 is 0.875 bits per heavy atom. The van der Waals surface area contributed by atoms with Crippen molar-refractivity contribution in [3.05, 3.63) is 122 Å². The van der Waals surface area contributed by atoms with Crippen molar-refractivity contribution in [3.63, 3.8) is 0 Å². The highest BCUT2D eigenvalue weighted by molar-refractivity contribution is 9.10. The van der Waals surface area contributed by atoms with Gasteiger partial charge in [-0.25, -0.2) is 9.59 Å². The van der Waals surface area contributed by atoms with Crippen LogP contribution in [0.1, 0.15) is 94.5 Å². The summed E-state index contributed by atoms with van der Waals surface area (Å²) in [5.74, 6) is 0. The van der Waals surface area contributed by atoms with E-state index in [9.17, 15) is 9.59 Å². The summed E-state index contributed by atoms with van der Waals surface area (Å²) in [7, 11) is 2.08. The minimum Gasteiger partial charge on any atom is -0.405 e. The molecule has 0 unspecified atom stereocenters. The van der Waals surface area contributed by atoms with Gasteiger partial charge in [0.15, 0.2) is 0 Å². The molecule has 3 saturated heterocycles. The van der Waals surface area contributed by atoms with Gasteiger partial charge in [0.2, 0.25) is 0 Å². The average molecular weight is 1040 g/mol. The number of imidazole rings is 2. The largest absolute Gasteiger partial charge is 0.494 e. The summed E-state index contributed by atoms with van der Waals surface area (Å²) >= 11 is 3.50. The molecular formula is C52H62B3BrN8O8. The van der Waals surface area contributed by atoms with E-state index in [4.69, 9.17) is 27.9 Å². The molecule has 3 aliphatic rings. The lowest BCUT2D eigenvalue weighted by Gasteiger charge is -2.32. The second-order valence-electron chi connectivity index (χ2n) is 21.8. The summed E-state index contributed by atoms with van der Waals surface area (Å²) < 4.78 is 44.0. The highest BCUT2D eigenvalue weighted by Gasteiger charge is 2.63. The van der Waals surface area contributed by atoms with E-state index in [1.165, 1.54) is 0 Å². The Balaban J connectivity index is 0.000000139.